The standard InChI is InChI=1S/C19H22ClN5O/c20-11-18(26)25-7-5-24(6-8-25)17-12-21-19(22-13-17)23-16-9-14-3-1-2-4-15(14)10-16/h1-4,12-13,16H,5-11H2,(H,21,22,23). The number of amides is 1. The van der Waals surface area contributed by atoms with Crippen molar-refractivity contribution >= 4 is 29.1 Å². The molecule has 7 heteroatoms. The highest BCUT2D eigenvalue weighted by Crippen LogP contribution is 2.24. The summed E-state index contributed by atoms with van der Waals surface area (Å²) >= 11 is 5.62. The van der Waals surface area contributed by atoms with Crippen molar-refractivity contribution in [2.24, 2.45) is 0 Å². The monoisotopic (exact) mass is 371 g/mol. The predicted molar refractivity (Wildman–Crippen MR) is 103 cm³/mol. The normalized spacial score (nSPS) is 17.3. The molecule has 0 saturated carbocycles. The zero-order chi connectivity index (χ0) is 17.9. The molecule has 1 aliphatic heterocycles. The lowest BCUT2D eigenvalue weighted by molar-refractivity contribution is -0.128. The van der Waals surface area contributed by atoms with E-state index in [0.29, 0.717) is 25.1 Å². The van der Waals surface area contributed by atoms with Gasteiger partial charge in [-0.15, -0.1) is 11.6 Å². The second-order valence-corrected chi connectivity index (χ2v) is 7.05. The molecular formula is C19H22ClN5O. The van der Waals surface area contributed by atoms with Gasteiger partial charge in [0.2, 0.25) is 11.9 Å². The van der Waals surface area contributed by atoms with Crippen molar-refractivity contribution in [3.8, 4) is 0 Å². The number of hydrogen-bond donors (Lipinski definition) is 1. The minimum Gasteiger partial charge on any atom is -0.365 e. The lowest BCUT2D eigenvalue weighted by Gasteiger charge is -2.35. The molecule has 0 spiro atoms. The number of nitrogens with one attached hydrogen (secondary N) is 1. The van der Waals surface area contributed by atoms with E-state index in [0.717, 1.165) is 31.6 Å². The first-order valence-corrected chi connectivity index (χ1v) is 9.50. The van der Waals surface area contributed by atoms with Crippen molar-refractivity contribution in [2.75, 3.05) is 42.3 Å². The number of benzene rings is 1. The zero-order valence-corrected chi connectivity index (χ0v) is 15.3. The van der Waals surface area contributed by atoms with Crippen LogP contribution in [-0.2, 0) is 17.6 Å². The Balaban J connectivity index is 1.33. The van der Waals surface area contributed by atoms with Gasteiger partial charge >= 0.3 is 0 Å². The first-order valence-electron chi connectivity index (χ1n) is 8.97. The number of carbonyl (C=O) groups excluding carboxylic acids is 1. The molecule has 1 aromatic heterocycles. The molecule has 0 radical (unpaired) electrons. The van der Waals surface area contributed by atoms with Crippen LogP contribution in [0.2, 0.25) is 0 Å². The Morgan fingerprint density at radius 3 is 2.27 bits per heavy atom. The fourth-order valence-corrected chi connectivity index (χ4v) is 3.87. The van der Waals surface area contributed by atoms with Crippen LogP contribution in [0.3, 0.4) is 0 Å². The molecule has 1 amide bonds. The number of hydrogen-bond acceptors (Lipinski definition) is 5. The van der Waals surface area contributed by atoms with Crippen molar-refractivity contribution in [1.82, 2.24) is 14.9 Å². The van der Waals surface area contributed by atoms with E-state index in [1.54, 1.807) is 4.90 Å². The lowest BCUT2D eigenvalue weighted by Crippen LogP contribution is -2.49. The highest BCUT2D eigenvalue weighted by molar-refractivity contribution is 6.27. The number of halogens is 1. The Morgan fingerprint density at radius 2 is 1.69 bits per heavy atom. The van der Waals surface area contributed by atoms with Crippen LogP contribution in [0, 0.1) is 0 Å². The van der Waals surface area contributed by atoms with Crippen molar-refractivity contribution in [3.05, 3.63) is 47.8 Å². The molecule has 2 heterocycles. The summed E-state index contributed by atoms with van der Waals surface area (Å²) in [6.07, 6.45) is 5.74. The lowest BCUT2D eigenvalue weighted by atomic mass is 10.1. The second-order valence-electron chi connectivity index (χ2n) is 6.78. The minimum atomic E-state index is -0.000301. The molecule has 1 saturated heterocycles. The highest BCUT2D eigenvalue weighted by Gasteiger charge is 2.23. The summed E-state index contributed by atoms with van der Waals surface area (Å²) in [4.78, 5) is 24.6. The molecular weight excluding hydrogens is 350 g/mol. The number of nitrogens with zero attached hydrogens (tertiary/aromatic N) is 4. The number of carbonyl (C=O) groups is 1. The fourth-order valence-electron chi connectivity index (χ4n) is 3.70. The third-order valence-electron chi connectivity index (χ3n) is 5.13. The number of aromatic nitrogens is 2. The summed E-state index contributed by atoms with van der Waals surface area (Å²) in [5.41, 5.74) is 3.81. The summed E-state index contributed by atoms with van der Waals surface area (Å²) in [5.74, 6) is 0.719. The van der Waals surface area contributed by atoms with Crippen LogP contribution in [-0.4, -0.2) is 58.9 Å². The topological polar surface area (TPSA) is 61.4 Å². The van der Waals surface area contributed by atoms with Crippen LogP contribution in [0.1, 0.15) is 11.1 Å². The van der Waals surface area contributed by atoms with Crippen molar-refractivity contribution in [2.45, 2.75) is 18.9 Å². The number of alkyl halides is 1. The van der Waals surface area contributed by atoms with Crippen LogP contribution in [0.5, 0.6) is 0 Å². The maximum absolute atomic E-state index is 11.6. The molecule has 1 aliphatic carbocycles. The first-order chi connectivity index (χ1) is 12.7. The van der Waals surface area contributed by atoms with Gasteiger partial charge in [-0.2, -0.15) is 0 Å². The van der Waals surface area contributed by atoms with E-state index in [2.05, 4.69) is 44.5 Å². The van der Waals surface area contributed by atoms with Crippen LogP contribution in [0.4, 0.5) is 11.6 Å². The third kappa shape index (κ3) is 3.60. The zero-order valence-electron chi connectivity index (χ0n) is 14.6. The summed E-state index contributed by atoms with van der Waals surface area (Å²) in [6, 6.07) is 8.91. The van der Waals surface area contributed by atoms with Gasteiger partial charge in [-0.3, -0.25) is 4.79 Å². The number of fused-ring (bicyclic) bond motifs is 1. The summed E-state index contributed by atoms with van der Waals surface area (Å²) < 4.78 is 0. The predicted octanol–water partition coefficient (Wildman–Crippen LogP) is 1.94. The molecule has 0 bridgehead atoms. The minimum absolute atomic E-state index is 0.000301. The average molecular weight is 372 g/mol. The SMILES string of the molecule is O=C(CCl)N1CCN(c2cnc(NC3Cc4ccccc4C3)nc2)CC1. The fraction of sp³-hybridized carbons (Fsp3) is 0.421. The Hall–Kier alpha value is -2.34. The molecule has 0 atom stereocenters. The molecule has 26 heavy (non-hydrogen) atoms. The average Bonchev–Trinajstić information content (AvgIpc) is 3.10. The van der Waals surface area contributed by atoms with Gasteiger partial charge < -0.3 is 15.1 Å². The molecule has 6 nitrogen and oxygen atoms in total. The van der Waals surface area contributed by atoms with E-state index < -0.39 is 0 Å². The van der Waals surface area contributed by atoms with Crippen LogP contribution >= 0.6 is 11.6 Å². The van der Waals surface area contributed by atoms with Gasteiger partial charge in [0.1, 0.15) is 5.88 Å². The largest absolute Gasteiger partial charge is 0.365 e. The van der Waals surface area contributed by atoms with Crippen LogP contribution in [0.15, 0.2) is 36.7 Å². The first kappa shape index (κ1) is 17.1. The highest BCUT2D eigenvalue weighted by atomic mass is 35.5. The number of anilines is 2. The van der Waals surface area contributed by atoms with Gasteiger partial charge in [0.05, 0.1) is 18.1 Å². The summed E-state index contributed by atoms with van der Waals surface area (Å²) in [6.45, 7) is 2.92. The molecule has 1 fully saturated rings. The van der Waals surface area contributed by atoms with Crippen molar-refractivity contribution in [3.63, 3.8) is 0 Å². The van der Waals surface area contributed by atoms with Gasteiger partial charge in [0.25, 0.3) is 0 Å². The molecule has 4 rings (SSSR count). The quantitative estimate of drug-likeness (QED) is 0.832. The van der Waals surface area contributed by atoms with E-state index in [1.807, 2.05) is 12.4 Å². The van der Waals surface area contributed by atoms with E-state index in [9.17, 15) is 4.79 Å². The second kappa shape index (κ2) is 7.50. The maximum Gasteiger partial charge on any atom is 0.237 e. The molecule has 2 aliphatic rings. The Labute approximate surface area is 158 Å². The summed E-state index contributed by atoms with van der Waals surface area (Å²) in [7, 11) is 0. The van der Waals surface area contributed by atoms with Gasteiger partial charge in [0, 0.05) is 32.2 Å². The van der Waals surface area contributed by atoms with Crippen LogP contribution in [0.25, 0.3) is 0 Å². The van der Waals surface area contributed by atoms with E-state index in [1.165, 1.54) is 11.1 Å². The van der Waals surface area contributed by atoms with Gasteiger partial charge in [0.15, 0.2) is 0 Å². The van der Waals surface area contributed by atoms with Crippen LogP contribution < -0.4 is 10.2 Å². The van der Waals surface area contributed by atoms with Gasteiger partial charge in [-0.05, 0) is 24.0 Å². The summed E-state index contributed by atoms with van der Waals surface area (Å²) in [5, 5.41) is 3.44. The van der Waals surface area contributed by atoms with Crippen molar-refractivity contribution in [1.29, 1.82) is 0 Å². The third-order valence-corrected chi connectivity index (χ3v) is 5.36. The molecule has 0 unspecified atom stereocenters. The Kier molecular flexibility index (Phi) is 4.93. The molecule has 1 N–H and O–H groups in total. The molecule has 136 valence electrons. The number of rotatable bonds is 4. The van der Waals surface area contributed by atoms with Gasteiger partial charge in [-0.1, -0.05) is 24.3 Å². The smallest absolute Gasteiger partial charge is 0.237 e. The molecule has 1 aromatic carbocycles. The molecule has 2 aromatic rings. The van der Waals surface area contributed by atoms with E-state index in [-0.39, 0.29) is 11.8 Å². The van der Waals surface area contributed by atoms with Gasteiger partial charge in [-0.25, -0.2) is 9.97 Å². The van der Waals surface area contributed by atoms with E-state index >= 15 is 0 Å². The Morgan fingerprint density at radius 1 is 1.08 bits per heavy atom. The number of piperazine rings is 1. The van der Waals surface area contributed by atoms with E-state index in [4.69, 9.17) is 11.6 Å². The van der Waals surface area contributed by atoms with Crippen molar-refractivity contribution < 1.29 is 4.79 Å². The maximum atomic E-state index is 11.6. The Bertz CT molecular complexity index is 749.